The molecule has 12 heavy (non-hydrogen) atoms. The van der Waals surface area contributed by atoms with Gasteiger partial charge in [0.05, 0.1) is 0 Å². The van der Waals surface area contributed by atoms with E-state index in [0.29, 0.717) is 11.7 Å². The van der Waals surface area contributed by atoms with Crippen molar-refractivity contribution in [3.8, 4) is 0 Å². The summed E-state index contributed by atoms with van der Waals surface area (Å²) in [4.78, 5) is 11.3. The summed E-state index contributed by atoms with van der Waals surface area (Å²) < 4.78 is 0. The zero-order chi connectivity index (χ0) is 8.55. The maximum atomic E-state index is 10.2. The highest BCUT2D eigenvalue weighted by Gasteiger charge is 2.28. The Balaban J connectivity index is 2.07. The fraction of sp³-hybridized carbons (Fsp3) is 0.667. The minimum absolute atomic E-state index is 0.209. The third-order valence-electron chi connectivity index (χ3n) is 1.69. The van der Waals surface area contributed by atoms with Crippen molar-refractivity contribution < 1.29 is 9.90 Å². The van der Waals surface area contributed by atoms with Gasteiger partial charge in [-0.2, -0.15) is 4.80 Å². The van der Waals surface area contributed by atoms with Gasteiger partial charge in [0.1, 0.15) is 0 Å². The number of hydrogen-bond donors (Lipinski definition) is 1. The van der Waals surface area contributed by atoms with Crippen LogP contribution in [0.1, 0.15) is 24.6 Å². The molecular formula is C6H8N4O2. The van der Waals surface area contributed by atoms with Gasteiger partial charge in [-0.3, -0.25) is 4.79 Å². The van der Waals surface area contributed by atoms with Crippen LogP contribution < -0.4 is 0 Å². The Hall–Kier alpha value is -1.46. The SMILES string of the molecule is O=C(O)Cn1nnc(C2CC2)n1. The van der Waals surface area contributed by atoms with Gasteiger partial charge in [-0.1, -0.05) is 0 Å². The Morgan fingerprint density at radius 2 is 2.42 bits per heavy atom. The van der Waals surface area contributed by atoms with Gasteiger partial charge in [-0.05, 0) is 18.1 Å². The van der Waals surface area contributed by atoms with Gasteiger partial charge in [0.2, 0.25) is 0 Å². The quantitative estimate of drug-likeness (QED) is 0.666. The molecular weight excluding hydrogens is 160 g/mol. The molecule has 1 heterocycles. The van der Waals surface area contributed by atoms with Crippen molar-refractivity contribution in [2.75, 3.05) is 0 Å². The number of aromatic nitrogens is 4. The summed E-state index contributed by atoms with van der Waals surface area (Å²) in [5, 5.41) is 19.7. The van der Waals surface area contributed by atoms with E-state index in [-0.39, 0.29) is 6.54 Å². The van der Waals surface area contributed by atoms with Crippen molar-refractivity contribution in [1.82, 2.24) is 20.2 Å². The number of nitrogens with zero attached hydrogens (tertiary/aromatic N) is 4. The number of tetrazole rings is 1. The number of carboxylic acids is 1. The zero-order valence-electron chi connectivity index (χ0n) is 6.34. The molecule has 0 spiro atoms. The van der Waals surface area contributed by atoms with Crippen molar-refractivity contribution in [2.24, 2.45) is 0 Å². The highest BCUT2D eigenvalue weighted by atomic mass is 16.4. The summed E-state index contributed by atoms with van der Waals surface area (Å²) in [7, 11) is 0. The van der Waals surface area contributed by atoms with E-state index >= 15 is 0 Å². The van der Waals surface area contributed by atoms with E-state index in [1.54, 1.807) is 0 Å². The second-order valence-corrected chi connectivity index (χ2v) is 2.85. The molecule has 0 aromatic carbocycles. The van der Waals surface area contributed by atoms with Crippen LogP contribution in [-0.2, 0) is 11.3 Å². The van der Waals surface area contributed by atoms with Gasteiger partial charge in [-0.15, -0.1) is 10.2 Å². The van der Waals surface area contributed by atoms with E-state index < -0.39 is 5.97 Å². The normalized spacial score (nSPS) is 16.3. The van der Waals surface area contributed by atoms with E-state index in [9.17, 15) is 4.79 Å². The van der Waals surface area contributed by atoms with Gasteiger partial charge < -0.3 is 5.11 Å². The summed E-state index contributed by atoms with van der Waals surface area (Å²) in [6.45, 7) is -0.209. The van der Waals surface area contributed by atoms with Gasteiger partial charge >= 0.3 is 5.97 Å². The van der Waals surface area contributed by atoms with Gasteiger partial charge in [0, 0.05) is 5.92 Å². The van der Waals surface area contributed by atoms with E-state index in [1.165, 1.54) is 0 Å². The molecule has 0 unspecified atom stereocenters. The third kappa shape index (κ3) is 1.41. The van der Waals surface area contributed by atoms with E-state index in [0.717, 1.165) is 17.6 Å². The molecule has 1 saturated carbocycles. The van der Waals surface area contributed by atoms with Crippen molar-refractivity contribution in [1.29, 1.82) is 0 Å². The highest BCUT2D eigenvalue weighted by Crippen LogP contribution is 2.37. The lowest BCUT2D eigenvalue weighted by molar-refractivity contribution is -0.138. The lowest BCUT2D eigenvalue weighted by Gasteiger charge is -1.89. The summed E-state index contributed by atoms with van der Waals surface area (Å²) in [6, 6.07) is 0. The number of carbonyl (C=O) groups is 1. The molecule has 1 aliphatic rings. The first-order chi connectivity index (χ1) is 5.75. The maximum absolute atomic E-state index is 10.2. The molecule has 0 saturated heterocycles. The average Bonchev–Trinajstić information content (AvgIpc) is 2.73. The van der Waals surface area contributed by atoms with Gasteiger partial charge in [0.15, 0.2) is 12.4 Å². The Bertz CT molecular complexity index is 304. The molecule has 6 nitrogen and oxygen atoms in total. The van der Waals surface area contributed by atoms with Crippen molar-refractivity contribution in [3.63, 3.8) is 0 Å². The number of hydrogen-bond acceptors (Lipinski definition) is 4. The van der Waals surface area contributed by atoms with Crippen LogP contribution in [0.3, 0.4) is 0 Å². The average molecular weight is 168 g/mol. The number of rotatable bonds is 3. The van der Waals surface area contributed by atoms with Gasteiger partial charge in [0.25, 0.3) is 0 Å². The summed E-state index contributed by atoms with van der Waals surface area (Å²) >= 11 is 0. The molecule has 0 amide bonds. The predicted octanol–water partition coefficient (Wildman–Crippen LogP) is -0.365. The zero-order valence-corrected chi connectivity index (χ0v) is 6.34. The third-order valence-corrected chi connectivity index (χ3v) is 1.69. The molecule has 0 atom stereocenters. The van der Waals surface area contributed by atoms with Crippen molar-refractivity contribution in [3.05, 3.63) is 5.82 Å². The van der Waals surface area contributed by atoms with Crippen molar-refractivity contribution in [2.45, 2.75) is 25.3 Å². The number of aliphatic carboxylic acids is 1. The van der Waals surface area contributed by atoms with Crippen LogP contribution in [0.25, 0.3) is 0 Å². The largest absolute Gasteiger partial charge is 0.480 e. The first kappa shape index (κ1) is 7.20. The Morgan fingerprint density at radius 3 is 3.00 bits per heavy atom. The van der Waals surface area contributed by atoms with E-state index in [4.69, 9.17) is 5.11 Å². The Labute approximate surface area is 68.2 Å². The van der Waals surface area contributed by atoms with Crippen LogP contribution >= 0.6 is 0 Å². The predicted molar refractivity (Wildman–Crippen MR) is 37.4 cm³/mol. The topological polar surface area (TPSA) is 80.9 Å². The fourth-order valence-electron chi connectivity index (χ4n) is 0.949. The molecule has 2 rings (SSSR count). The fourth-order valence-corrected chi connectivity index (χ4v) is 0.949. The maximum Gasteiger partial charge on any atom is 0.327 e. The number of carboxylic acid groups (broad SMARTS) is 1. The lowest BCUT2D eigenvalue weighted by atomic mass is 10.4. The van der Waals surface area contributed by atoms with Crippen LogP contribution in [0, 0.1) is 0 Å². The van der Waals surface area contributed by atoms with Crippen LogP contribution in [0.5, 0.6) is 0 Å². The first-order valence-electron chi connectivity index (χ1n) is 3.75. The molecule has 1 aromatic rings. The molecule has 1 aliphatic carbocycles. The molecule has 0 bridgehead atoms. The smallest absolute Gasteiger partial charge is 0.327 e. The van der Waals surface area contributed by atoms with E-state index in [2.05, 4.69) is 15.4 Å². The minimum atomic E-state index is -0.949. The monoisotopic (exact) mass is 168 g/mol. The second-order valence-electron chi connectivity index (χ2n) is 2.85. The first-order valence-corrected chi connectivity index (χ1v) is 3.75. The molecule has 1 N–H and O–H groups in total. The van der Waals surface area contributed by atoms with Crippen molar-refractivity contribution >= 4 is 5.97 Å². The van der Waals surface area contributed by atoms with Crippen LogP contribution in [0.2, 0.25) is 0 Å². The Morgan fingerprint density at radius 1 is 1.67 bits per heavy atom. The highest BCUT2D eigenvalue weighted by molar-refractivity contribution is 5.66. The van der Waals surface area contributed by atoms with Crippen LogP contribution in [0.4, 0.5) is 0 Å². The summed E-state index contributed by atoms with van der Waals surface area (Å²) in [5.41, 5.74) is 0. The summed E-state index contributed by atoms with van der Waals surface area (Å²) in [5.74, 6) is 0.151. The van der Waals surface area contributed by atoms with Crippen LogP contribution in [0.15, 0.2) is 0 Å². The van der Waals surface area contributed by atoms with Gasteiger partial charge in [-0.25, -0.2) is 0 Å². The molecule has 0 aliphatic heterocycles. The lowest BCUT2D eigenvalue weighted by Crippen LogP contribution is -2.11. The van der Waals surface area contributed by atoms with E-state index in [1.807, 2.05) is 0 Å². The standard InChI is InChI=1S/C6H8N4O2/c11-5(12)3-10-8-6(7-9-10)4-1-2-4/h4H,1-3H2,(H,11,12). The Kier molecular flexibility index (Phi) is 1.53. The molecule has 1 aromatic heterocycles. The summed E-state index contributed by atoms with van der Waals surface area (Å²) in [6.07, 6.45) is 2.19. The van der Waals surface area contributed by atoms with Crippen LogP contribution in [-0.4, -0.2) is 31.3 Å². The molecule has 64 valence electrons. The molecule has 0 radical (unpaired) electrons. The molecule has 1 fully saturated rings. The molecule has 6 heteroatoms. The second kappa shape index (κ2) is 2.54. The minimum Gasteiger partial charge on any atom is -0.480 e.